The van der Waals surface area contributed by atoms with Crippen LogP contribution in [0.25, 0.3) is 0 Å². The van der Waals surface area contributed by atoms with E-state index in [2.05, 4.69) is 4.74 Å². The molecule has 0 bridgehead atoms. The molecule has 0 radical (unpaired) electrons. The summed E-state index contributed by atoms with van der Waals surface area (Å²) in [4.78, 5) is 10.8. The number of cyclic esters (lactones) is 1. The quantitative estimate of drug-likeness (QED) is 0.296. The Kier molecular flexibility index (Phi) is 3.40. The maximum absolute atomic E-state index is 10.8. The SMILES string of the molecule is O=C1O[C@H]([C@@H](O)CO)[C@H](O)[C@@H](O)[C@H]1O. The van der Waals surface area contributed by atoms with Crippen LogP contribution in [0.5, 0.6) is 0 Å². The Balaban J connectivity index is 2.75. The third-order valence-electron chi connectivity index (χ3n) is 2.07. The van der Waals surface area contributed by atoms with E-state index in [1.807, 2.05) is 0 Å². The van der Waals surface area contributed by atoms with E-state index < -0.39 is 43.1 Å². The van der Waals surface area contributed by atoms with Gasteiger partial charge < -0.3 is 30.3 Å². The van der Waals surface area contributed by atoms with Gasteiger partial charge in [0, 0.05) is 0 Å². The predicted molar refractivity (Wildman–Crippen MR) is 41.0 cm³/mol. The normalized spacial score (nSPS) is 40.5. The molecule has 0 spiro atoms. The van der Waals surface area contributed by atoms with Gasteiger partial charge in [0.05, 0.1) is 6.61 Å². The zero-order valence-electron chi connectivity index (χ0n) is 7.15. The number of carbonyl (C=O) groups is 1. The molecule has 1 heterocycles. The monoisotopic (exact) mass is 208 g/mol. The molecule has 1 saturated heterocycles. The molecular formula is C7H12O7. The molecule has 1 aliphatic heterocycles. The summed E-state index contributed by atoms with van der Waals surface area (Å²) >= 11 is 0. The molecule has 82 valence electrons. The maximum atomic E-state index is 10.8. The highest BCUT2D eigenvalue weighted by atomic mass is 16.6. The highest BCUT2D eigenvalue weighted by Crippen LogP contribution is 2.19. The lowest BCUT2D eigenvalue weighted by atomic mass is 9.96. The summed E-state index contributed by atoms with van der Waals surface area (Å²) in [5, 5.41) is 45.0. The van der Waals surface area contributed by atoms with E-state index in [0.717, 1.165) is 0 Å². The van der Waals surface area contributed by atoms with Crippen LogP contribution < -0.4 is 0 Å². The number of hydrogen-bond donors (Lipinski definition) is 5. The number of rotatable bonds is 2. The molecule has 14 heavy (non-hydrogen) atoms. The average molecular weight is 208 g/mol. The van der Waals surface area contributed by atoms with Gasteiger partial charge in [0.1, 0.15) is 18.3 Å². The smallest absolute Gasteiger partial charge is 0.338 e. The Labute approximate surface area is 79.2 Å². The predicted octanol–water partition coefficient (Wildman–Crippen LogP) is -3.65. The van der Waals surface area contributed by atoms with Gasteiger partial charge in [0.15, 0.2) is 12.2 Å². The third kappa shape index (κ3) is 1.86. The minimum absolute atomic E-state index is 0.724. The van der Waals surface area contributed by atoms with Crippen molar-refractivity contribution in [3.63, 3.8) is 0 Å². The van der Waals surface area contributed by atoms with E-state index >= 15 is 0 Å². The summed E-state index contributed by atoms with van der Waals surface area (Å²) < 4.78 is 4.43. The van der Waals surface area contributed by atoms with E-state index in [4.69, 9.17) is 20.4 Å². The molecule has 0 aromatic heterocycles. The Morgan fingerprint density at radius 1 is 1.29 bits per heavy atom. The summed E-state index contributed by atoms with van der Waals surface area (Å²) in [6.07, 6.45) is -8.08. The van der Waals surface area contributed by atoms with Crippen molar-refractivity contribution in [2.24, 2.45) is 0 Å². The first-order valence-electron chi connectivity index (χ1n) is 4.02. The van der Waals surface area contributed by atoms with Crippen LogP contribution in [0.15, 0.2) is 0 Å². The number of carbonyl (C=O) groups excluding carboxylic acids is 1. The molecule has 7 nitrogen and oxygen atoms in total. The molecule has 0 aliphatic carbocycles. The lowest BCUT2D eigenvalue weighted by Crippen LogP contribution is -2.59. The highest BCUT2D eigenvalue weighted by Gasteiger charge is 2.46. The number of aliphatic hydroxyl groups excluding tert-OH is 5. The molecule has 7 heteroatoms. The lowest BCUT2D eigenvalue weighted by molar-refractivity contribution is -0.217. The number of aliphatic hydroxyl groups is 5. The second-order valence-electron chi connectivity index (χ2n) is 3.08. The summed E-state index contributed by atoms with van der Waals surface area (Å²) in [5.41, 5.74) is 0. The Morgan fingerprint density at radius 3 is 2.36 bits per heavy atom. The van der Waals surface area contributed by atoms with Crippen LogP contribution in [0.1, 0.15) is 0 Å². The molecule has 0 saturated carbocycles. The van der Waals surface area contributed by atoms with Gasteiger partial charge in [-0.3, -0.25) is 0 Å². The Morgan fingerprint density at radius 2 is 1.86 bits per heavy atom. The second-order valence-corrected chi connectivity index (χ2v) is 3.08. The second kappa shape index (κ2) is 4.20. The van der Waals surface area contributed by atoms with Crippen molar-refractivity contribution in [2.75, 3.05) is 6.61 Å². The molecule has 1 fully saturated rings. The van der Waals surface area contributed by atoms with Gasteiger partial charge in [-0.05, 0) is 0 Å². The third-order valence-corrected chi connectivity index (χ3v) is 2.07. The van der Waals surface area contributed by atoms with Crippen LogP contribution in [0.2, 0.25) is 0 Å². The van der Waals surface area contributed by atoms with Crippen molar-refractivity contribution >= 4 is 5.97 Å². The van der Waals surface area contributed by atoms with E-state index in [0.29, 0.717) is 0 Å². The number of ether oxygens (including phenoxy) is 1. The summed E-state index contributed by atoms with van der Waals surface area (Å²) in [6, 6.07) is 0. The molecule has 5 atom stereocenters. The fourth-order valence-electron chi connectivity index (χ4n) is 1.20. The molecule has 1 aliphatic rings. The summed E-state index contributed by atoms with van der Waals surface area (Å²) in [6.45, 7) is -0.724. The van der Waals surface area contributed by atoms with Crippen LogP contribution >= 0.6 is 0 Å². The van der Waals surface area contributed by atoms with Crippen molar-refractivity contribution < 1.29 is 35.1 Å². The van der Waals surface area contributed by atoms with Crippen LogP contribution in [-0.4, -0.2) is 68.6 Å². The van der Waals surface area contributed by atoms with Crippen molar-refractivity contribution in [3.8, 4) is 0 Å². The zero-order chi connectivity index (χ0) is 10.9. The zero-order valence-corrected chi connectivity index (χ0v) is 7.15. The lowest BCUT2D eigenvalue weighted by Gasteiger charge is -2.35. The largest absolute Gasteiger partial charge is 0.455 e. The molecule has 0 aromatic rings. The van der Waals surface area contributed by atoms with Crippen molar-refractivity contribution in [1.29, 1.82) is 0 Å². The minimum atomic E-state index is -1.83. The first kappa shape index (κ1) is 11.3. The minimum Gasteiger partial charge on any atom is -0.455 e. The fraction of sp³-hybridized carbons (Fsp3) is 0.857. The van der Waals surface area contributed by atoms with Crippen LogP contribution in [-0.2, 0) is 9.53 Å². The number of hydrogen-bond acceptors (Lipinski definition) is 7. The summed E-state index contributed by atoms with van der Waals surface area (Å²) in [5.74, 6) is -1.14. The van der Waals surface area contributed by atoms with Gasteiger partial charge in [0.2, 0.25) is 0 Å². The highest BCUT2D eigenvalue weighted by molar-refractivity contribution is 5.76. The van der Waals surface area contributed by atoms with Gasteiger partial charge in [0.25, 0.3) is 0 Å². The van der Waals surface area contributed by atoms with Crippen LogP contribution in [0.3, 0.4) is 0 Å². The molecule has 0 unspecified atom stereocenters. The standard InChI is InChI=1S/C7H12O7/c8-1-2(9)6-4(11)3(10)5(12)7(13)14-6/h2-6,8-12H,1H2/t2-,3+,4+,5+,6+/m0/s1. The molecule has 0 aromatic carbocycles. The maximum Gasteiger partial charge on any atom is 0.338 e. The van der Waals surface area contributed by atoms with Crippen LogP contribution in [0.4, 0.5) is 0 Å². The average Bonchev–Trinajstić information content (AvgIpc) is 2.19. The summed E-state index contributed by atoms with van der Waals surface area (Å²) in [7, 11) is 0. The van der Waals surface area contributed by atoms with E-state index in [1.54, 1.807) is 0 Å². The first-order valence-corrected chi connectivity index (χ1v) is 4.02. The molecule has 0 amide bonds. The van der Waals surface area contributed by atoms with Crippen LogP contribution in [0, 0.1) is 0 Å². The van der Waals surface area contributed by atoms with Crippen molar-refractivity contribution in [1.82, 2.24) is 0 Å². The Bertz CT molecular complexity index is 218. The van der Waals surface area contributed by atoms with Gasteiger partial charge in [-0.2, -0.15) is 0 Å². The van der Waals surface area contributed by atoms with Gasteiger partial charge in [-0.15, -0.1) is 0 Å². The van der Waals surface area contributed by atoms with Crippen molar-refractivity contribution in [2.45, 2.75) is 30.5 Å². The Hall–Kier alpha value is -0.730. The van der Waals surface area contributed by atoms with Gasteiger partial charge in [-0.25, -0.2) is 4.79 Å². The molecule has 1 rings (SSSR count). The van der Waals surface area contributed by atoms with E-state index in [1.165, 1.54) is 0 Å². The topological polar surface area (TPSA) is 127 Å². The fourth-order valence-corrected chi connectivity index (χ4v) is 1.20. The molecular weight excluding hydrogens is 196 g/mol. The number of esters is 1. The van der Waals surface area contributed by atoms with Gasteiger partial charge in [-0.1, -0.05) is 0 Å². The molecule has 5 N–H and O–H groups in total. The first-order chi connectivity index (χ1) is 6.49. The van der Waals surface area contributed by atoms with Gasteiger partial charge >= 0.3 is 5.97 Å². The van der Waals surface area contributed by atoms with Crippen molar-refractivity contribution in [3.05, 3.63) is 0 Å². The van der Waals surface area contributed by atoms with E-state index in [-0.39, 0.29) is 0 Å². The van der Waals surface area contributed by atoms with E-state index in [9.17, 15) is 9.90 Å².